The van der Waals surface area contributed by atoms with Crippen LogP contribution in [0.2, 0.25) is 0 Å². The Hall–Kier alpha value is -4.72. The third kappa shape index (κ3) is 8.79. The van der Waals surface area contributed by atoms with Crippen molar-refractivity contribution >= 4 is 0 Å². The summed E-state index contributed by atoms with van der Waals surface area (Å²) in [7, 11) is 0. The molecule has 4 aromatic carbocycles. The summed E-state index contributed by atoms with van der Waals surface area (Å²) in [4.78, 5) is 0. The zero-order valence-electron chi connectivity index (χ0n) is 27.8. The normalized spacial score (nSPS) is 26.7. The molecule has 0 radical (unpaired) electrons. The van der Waals surface area contributed by atoms with Crippen molar-refractivity contribution in [3.8, 4) is 0 Å². The zero-order chi connectivity index (χ0) is 33.8. The quantitative estimate of drug-likeness (QED) is 0.109. The molecule has 8 nitrogen and oxygen atoms in total. The first-order valence-electron chi connectivity index (χ1n) is 17.1. The highest BCUT2D eigenvalue weighted by atomic mass is 15.1. The van der Waals surface area contributed by atoms with E-state index in [1.807, 2.05) is 72.8 Å². The Bertz CT molecular complexity index is 1350. The molecule has 0 bridgehead atoms. The highest BCUT2D eigenvalue weighted by Gasteiger charge is 2.44. The van der Waals surface area contributed by atoms with Crippen molar-refractivity contribution < 1.29 is 0 Å². The van der Waals surface area contributed by atoms with E-state index in [1.165, 1.54) is 0 Å². The molecule has 0 unspecified atom stereocenters. The third-order valence-corrected chi connectivity index (χ3v) is 10.7. The van der Waals surface area contributed by atoms with Crippen molar-refractivity contribution in [2.75, 3.05) is 0 Å². The largest absolute Gasteiger partial charge is 0.209 e. The van der Waals surface area contributed by atoms with Gasteiger partial charge in [0.2, 0.25) is 0 Å². The molecular weight excluding hydrogens is 592 g/mol. The van der Waals surface area contributed by atoms with Gasteiger partial charge in [0.25, 0.3) is 0 Å². The Morgan fingerprint density at radius 3 is 0.625 bits per heavy atom. The van der Waals surface area contributed by atoms with E-state index in [1.54, 1.807) is 0 Å². The average Bonchev–Trinajstić information content (AvgIpc) is 3.14. The van der Waals surface area contributed by atoms with Gasteiger partial charge in [-0.2, -0.15) is 20.5 Å². The summed E-state index contributed by atoms with van der Waals surface area (Å²) < 4.78 is 0. The lowest BCUT2D eigenvalue weighted by atomic mass is 9.69. The first kappa shape index (κ1) is 34.6. The van der Waals surface area contributed by atoms with Crippen LogP contribution in [-0.4, -0.2) is 22.2 Å². The molecule has 1 aliphatic rings. The topological polar surface area (TPSA) is 145 Å². The highest BCUT2D eigenvalue weighted by Crippen LogP contribution is 2.44. The molecule has 0 saturated heterocycles. The molecule has 0 spiro atoms. The molecule has 8 heteroatoms. The van der Waals surface area contributed by atoms with E-state index in [-0.39, 0.29) is 0 Å². The van der Waals surface area contributed by atoms with Crippen LogP contribution >= 0.6 is 0 Å². The third-order valence-electron chi connectivity index (χ3n) is 10.7. The van der Waals surface area contributed by atoms with Crippen molar-refractivity contribution in [1.82, 2.24) is 0 Å². The lowest BCUT2D eigenvalue weighted by Gasteiger charge is -2.41. The van der Waals surface area contributed by atoms with Crippen LogP contribution in [0, 0.1) is 22.1 Å². The van der Waals surface area contributed by atoms with Gasteiger partial charge in [-0.1, -0.05) is 121 Å². The molecule has 4 aromatic rings. The molecule has 0 aromatic heterocycles. The summed E-state index contributed by atoms with van der Waals surface area (Å²) >= 11 is 0. The number of nitrogens with zero attached hydrogens (tertiary/aromatic N) is 4. The summed E-state index contributed by atoms with van der Waals surface area (Å²) in [5, 5.41) is 17.6. The minimum atomic E-state index is -0.735. The van der Waals surface area contributed by atoms with Gasteiger partial charge >= 0.3 is 0 Å². The Labute approximate surface area is 284 Å². The van der Waals surface area contributed by atoms with Crippen LogP contribution in [0.3, 0.4) is 0 Å². The Balaban J connectivity index is 1.59. The lowest BCUT2D eigenvalue weighted by molar-refractivity contribution is 0.185. The van der Waals surface area contributed by atoms with E-state index in [4.69, 9.17) is 22.1 Å². The minimum Gasteiger partial charge on any atom is -0.209 e. The zero-order valence-corrected chi connectivity index (χ0v) is 27.8. The molecule has 0 heterocycles. The molecule has 248 valence electrons. The van der Waals surface area contributed by atoms with Gasteiger partial charge in [-0.3, -0.25) is 0 Å². The monoisotopic (exact) mass is 640 g/mol. The maximum Gasteiger partial charge on any atom is 0.0855 e. The van der Waals surface area contributed by atoms with E-state index < -0.39 is 22.2 Å². The van der Waals surface area contributed by atoms with Gasteiger partial charge in [0.05, 0.1) is 22.2 Å². The molecule has 1 aliphatic carbocycles. The number of benzene rings is 4. The standard InChI is InChI=1S/C40H48N8/c41-45-37(29-33-13-5-1-6-14-33)21-23-38(46-42,30-34-15-7-2-8-16-34)25-27-40(48-44,32-36-19-11-4-12-20-36)28-26-39(47-43,24-22-37)31-35-17-9-3-10-18-35/h1-20,41-44H,21-32H2. The maximum absolute atomic E-state index is 8.65. The second-order valence-corrected chi connectivity index (χ2v) is 14.0. The van der Waals surface area contributed by atoms with Crippen LogP contribution in [0.1, 0.15) is 73.6 Å². The van der Waals surface area contributed by atoms with Gasteiger partial charge < -0.3 is 0 Å². The molecule has 1 saturated carbocycles. The number of hydrogen-bond donors (Lipinski definition) is 4. The molecule has 0 amide bonds. The van der Waals surface area contributed by atoms with Gasteiger partial charge in [0.1, 0.15) is 0 Å². The SMILES string of the molecule is N=NC1(Cc2ccccc2)CCC(Cc2ccccc2)(N=N)CCC(Cc2ccccc2)(N=N)CCC(Cc2ccccc2)(N=N)CC1. The number of hydrogen-bond acceptors (Lipinski definition) is 8. The molecule has 4 N–H and O–H groups in total. The predicted octanol–water partition coefficient (Wildman–Crippen LogP) is 11.2. The molecule has 0 atom stereocenters. The fourth-order valence-corrected chi connectivity index (χ4v) is 7.58. The first-order chi connectivity index (χ1) is 23.4. The van der Waals surface area contributed by atoms with Crippen molar-refractivity contribution in [2.45, 2.75) is 99.2 Å². The van der Waals surface area contributed by atoms with Gasteiger partial charge in [0.15, 0.2) is 0 Å². The van der Waals surface area contributed by atoms with E-state index >= 15 is 0 Å². The predicted molar refractivity (Wildman–Crippen MR) is 189 cm³/mol. The van der Waals surface area contributed by atoms with Crippen molar-refractivity contribution in [1.29, 1.82) is 22.1 Å². The Morgan fingerprint density at radius 1 is 0.312 bits per heavy atom. The summed E-state index contributed by atoms with van der Waals surface area (Å²) in [5.41, 5.74) is 36.1. The molecule has 0 aliphatic heterocycles. The second-order valence-electron chi connectivity index (χ2n) is 14.0. The smallest absolute Gasteiger partial charge is 0.0855 e. The van der Waals surface area contributed by atoms with Crippen LogP contribution in [-0.2, 0) is 25.7 Å². The van der Waals surface area contributed by atoms with Crippen LogP contribution in [0.15, 0.2) is 142 Å². The first-order valence-corrected chi connectivity index (χ1v) is 17.1. The highest BCUT2D eigenvalue weighted by molar-refractivity contribution is 5.23. The van der Waals surface area contributed by atoms with E-state index in [2.05, 4.69) is 69.0 Å². The fourth-order valence-electron chi connectivity index (χ4n) is 7.58. The van der Waals surface area contributed by atoms with Crippen LogP contribution in [0.25, 0.3) is 0 Å². The lowest BCUT2D eigenvalue weighted by Crippen LogP contribution is -2.43. The summed E-state index contributed by atoms with van der Waals surface area (Å²) in [6.45, 7) is 0. The second kappa shape index (κ2) is 15.9. The van der Waals surface area contributed by atoms with E-state index in [9.17, 15) is 0 Å². The maximum atomic E-state index is 8.65. The summed E-state index contributed by atoms with van der Waals surface area (Å²) in [5.74, 6) is 0. The molecule has 1 fully saturated rings. The van der Waals surface area contributed by atoms with Crippen molar-refractivity contribution in [2.24, 2.45) is 20.5 Å². The van der Waals surface area contributed by atoms with E-state index in [0.717, 1.165) is 22.3 Å². The summed E-state index contributed by atoms with van der Waals surface area (Å²) in [6.07, 6.45) is 6.96. The molecule has 48 heavy (non-hydrogen) atoms. The average molecular weight is 641 g/mol. The summed E-state index contributed by atoms with van der Waals surface area (Å²) in [6, 6.07) is 40.9. The fraction of sp³-hybridized carbons (Fsp3) is 0.400. The van der Waals surface area contributed by atoms with Crippen LogP contribution in [0.4, 0.5) is 0 Å². The number of rotatable bonds is 12. The van der Waals surface area contributed by atoms with E-state index in [0.29, 0.717) is 77.0 Å². The minimum absolute atomic E-state index is 0.573. The van der Waals surface area contributed by atoms with Crippen LogP contribution in [0.5, 0.6) is 0 Å². The van der Waals surface area contributed by atoms with Gasteiger partial charge in [-0.05, 0) is 99.3 Å². The van der Waals surface area contributed by atoms with Gasteiger partial charge in [-0.25, -0.2) is 22.1 Å². The van der Waals surface area contributed by atoms with Crippen molar-refractivity contribution in [3.05, 3.63) is 144 Å². The Morgan fingerprint density at radius 2 is 0.479 bits per heavy atom. The van der Waals surface area contributed by atoms with Crippen LogP contribution < -0.4 is 0 Å². The Kier molecular flexibility index (Phi) is 11.5. The van der Waals surface area contributed by atoms with Crippen molar-refractivity contribution in [3.63, 3.8) is 0 Å². The molecular formula is C40H48N8. The number of nitrogens with one attached hydrogen (secondary N) is 4. The van der Waals surface area contributed by atoms with Gasteiger partial charge in [-0.15, -0.1) is 0 Å². The molecule has 5 rings (SSSR count). The van der Waals surface area contributed by atoms with Gasteiger partial charge in [0, 0.05) is 0 Å².